The summed E-state index contributed by atoms with van der Waals surface area (Å²) in [6, 6.07) is 5.66. The monoisotopic (exact) mass is 360 g/mol. The summed E-state index contributed by atoms with van der Waals surface area (Å²) >= 11 is 0. The van der Waals surface area contributed by atoms with Crippen LogP contribution in [0.1, 0.15) is 32.8 Å². The number of aliphatic hydroxyl groups is 1. The number of carbonyl (C=O) groups excluding carboxylic acids is 1. The summed E-state index contributed by atoms with van der Waals surface area (Å²) in [6.07, 6.45) is -6.86. The van der Waals surface area contributed by atoms with Crippen LogP contribution < -0.4 is 4.74 Å². The van der Waals surface area contributed by atoms with Crippen molar-refractivity contribution in [3.8, 4) is 5.75 Å². The molecule has 0 radical (unpaired) electrons. The Bertz CT molecular complexity index is 680. The molecule has 6 nitrogen and oxygen atoms in total. The molecule has 1 atom stereocenters. The molecule has 1 aliphatic rings. The lowest BCUT2D eigenvalue weighted by molar-refractivity contribution is -0.0995. The van der Waals surface area contributed by atoms with E-state index in [4.69, 9.17) is 9.47 Å². The van der Waals surface area contributed by atoms with Crippen molar-refractivity contribution in [2.45, 2.75) is 44.7 Å². The van der Waals surface area contributed by atoms with Gasteiger partial charge in [-0.15, -0.1) is 0 Å². The lowest BCUT2D eigenvalue weighted by Crippen LogP contribution is -2.45. The molecule has 1 aliphatic heterocycles. The summed E-state index contributed by atoms with van der Waals surface area (Å²) in [4.78, 5) is 12.3. The van der Waals surface area contributed by atoms with E-state index in [-0.39, 0.29) is 5.56 Å². The van der Waals surface area contributed by atoms with Crippen LogP contribution >= 0.6 is 0 Å². The highest BCUT2D eigenvalue weighted by atomic mass is 19.4. The first-order valence-electron chi connectivity index (χ1n) is 7.41. The first kappa shape index (κ1) is 19.0. The number of methoxy groups -OCH3 is 1. The number of alkyl halides is 3. The van der Waals surface area contributed by atoms with Gasteiger partial charge in [0.15, 0.2) is 5.72 Å². The second-order valence-corrected chi connectivity index (χ2v) is 6.56. The van der Waals surface area contributed by atoms with Gasteiger partial charge in [0.05, 0.1) is 13.5 Å². The molecular weight excluding hydrogens is 341 g/mol. The van der Waals surface area contributed by atoms with Crippen molar-refractivity contribution < 1.29 is 32.5 Å². The largest absolute Gasteiger partial charge is 0.497 e. The summed E-state index contributed by atoms with van der Waals surface area (Å²) in [6.45, 7) is 4.67. The molecule has 0 aromatic heterocycles. The van der Waals surface area contributed by atoms with Crippen molar-refractivity contribution in [3.05, 3.63) is 29.8 Å². The number of hydrogen-bond acceptors (Lipinski definition) is 5. The summed E-state index contributed by atoms with van der Waals surface area (Å²) in [7, 11) is 1.43. The molecule has 0 saturated heterocycles. The second kappa shape index (κ2) is 6.21. The van der Waals surface area contributed by atoms with E-state index in [0.29, 0.717) is 10.8 Å². The second-order valence-electron chi connectivity index (χ2n) is 6.56. The summed E-state index contributed by atoms with van der Waals surface area (Å²) in [5.41, 5.74) is -4.48. The van der Waals surface area contributed by atoms with E-state index < -0.39 is 35.7 Å². The number of hydrazone groups is 1. The number of halogens is 3. The Morgan fingerprint density at radius 1 is 1.24 bits per heavy atom. The Morgan fingerprint density at radius 3 is 2.24 bits per heavy atom. The zero-order valence-electron chi connectivity index (χ0n) is 14.2. The Labute approximate surface area is 142 Å². The van der Waals surface area contributed by atoms with Crippen molar-refractivity contribution in [1.82, 2.24) is 5.01 Å². The van der Waals surface area contributed by atoms with E-state index in [1.165, 1.54) is 31.4 Å². The number of rotatable bonds is 2. The first-order valence-corrected chi connectivity index (χ1v) is 7.41. The number of hydrogen-bond donors (Lipinski definition) is 1. The summed E-state index contributed by atoms with van der Waals surface area (Å²) in [5.74, 6) is 0.450. The van der Waals surface area contributed by atoms with E-state index in [0.717, 1.165) is 0 Å². The molecule has 1 N–H and O–H groups in total. The fraction of sp³-hybridized carbons (Fsp3) is 0.500. The minimum Gasteiger partial charge on any atom is -0.497 e. The van der Waals surface area contributed by atoms with Crippen LogP contribution in [-0.4, -0.2) is 40.8 Å². The molecule has 0 fully saturated rings. The topological polar surface area (TPSA) is 71.4 Å². The van der Waals surface area contributed by atoms with Gasteiger partial charge in [0, 0.05) is 5.56 Å². The van der Waals surface area contributed by atoms with Crippen LogP contribution in [0.5, 0.6) is 5.75 Å². The molecule has 1 aromatic rings. The summed E-state index contributed by atoms with van der Waals surface area (Å²) < 4.78 is 49.3. The van der Waals surface area contributed by atoms with Crippen molar-refractivity contribution in [2.75, 3.05) is 7.11 Å². The number of nitrogens with zero attached hydrogens (tertiary/aromatic N) is 2. The van der Waals surface area contributed by atoms with Gasteiger partial charge in [0.1, 0.15) is 17.1 Å². The fourth-order valence-electron chi connectivity index (χ4n) is 2.28. The van der Waals surface area contributed by atoms with Gasteiger partial charge in [-0.3, -0.25) is 0 Å². The van der Waals surface area contributed by atoms with E-state index in [1.54, 1.807) is 20.8 Å². The van der Waals surface area contributed by atoms with Gasteiger partial charge in [0.2, 0.25) is 0 Å². The molecular formula is C16H19F3N2O4. The highest BCUT2D eigenvalue weighted by Crippen LogP contribution is 2.40. The molecule has 138 valence electrons. The maximum Gasteiger partial charge on any atom is 0.433 e. The Balaban J connectivity index is 2.44. The van der Waals surface area contributed by atoms with Crippen LogP contribution in [0.2, 0.25) is 0 Å². The standard InChI is InChI=1S/C16H19F3N2O4/c1-14(2,3)25-13(22)21-15(23,9-12(20-21)16(17,18)19)10-5-7-11(24-4)8-6-10/h5-8,23H,9H2,1-4H3/t15-/m0/s1. The summed E-state index contributed by atoms with van der Waals surface area (Å²) in [5, 5.41) is 14.5. The van der Waals surface area contributed by atoms with Crippen molar-refractivity contribution in [3.63, 3.8) is 0 Å². The normalized spacial score (nSPS) is 21.1. The molecule has 1 aromatic carbocycles. The lowest BCUT2D eigenvalue weighted by atomic mass is 9.97. The van der Waals surface area contributed by atoms with E-state index in [9.17, 15) is 23.1 Å². The molecule has 0 saturated carbocycles. The van der Waals surface area contributed by atoms with Crippen LogP contribution in [0, 0.1) is 0 Å². The molecule has 25 heavy (non-hydrogen) atoms. The van der Waals surface area contributed by atoms with Crippen LogP contribution in [0.25, 0.3) is 0 Å². The molecule has 0 unspecified atom stereocenters. The predicted octanol–water partition coefficient (Wildman–Crippen LogP) is 3.40. The van der Waals surface area contributed by atoms with Gasteiger partial charge >= 0.3 is 12.3 Å². The van der Waals surface area contributed by atoms with Gasteiger partial charge in [0.25, 0.3) is 0 Å². The van der Waals surface area contributed by atoms with Crippen LogP contribution in [0.15, 0.2) is 29.4 Å². The minimum atomic E-state index is -4.78. The third-order valence-electron chi connectivity index (χ3n) is 3.43. The van der Waals surface area contributed by atoms with E-state index >= 15 is 0 Å². The fourth-order valence-corrected chi connectivity index (χ4v) is 2.28. The molecule has 9 heteroatoms. The first-order chi connectivity index (χ1) is 11.4. The molecule has 1 heterocycles. The number of ether oxygens (including phenoxy) is 2. The number of benzene rings is 1. The maximum absolute atomic E-state index is 13.1. The van der Waals surface area contributed by atoms with Crippen LogP contribution in [0.3, 0.4) is 0 Å². The Hall–Kier alpha value is -2.29. The van der Waals surface area contributed by atoms with Gasteiger partial charge in [-0.1, -0.05) is 12.1 Å². The maximum atomic E-state index is 13.1. The third-order valence-corrected chi connectivity index (χ3v) is 3.43. The molecule has 1 amide bonds. The van der Waals surface area contributed by atoms with Gasteiger partial charge in [-0.05, 0) is 32.9 Å². The van der Waals surface area contributed by atoms with Crippen molar-refractivity contribution in [1.29, 1.82) is 0 Å². The quantitative estimate of drug-likeness (QED) is 0.877. The van der Waals surface area contributed by atoms with Gasteiger partial charge in [-0.2, -0.15) is 23.3 Å². The lowest BCUT2D eigenvalue weighted by Gasteiger charge is -2.32. The molecule has 2 rings (SSSR count). The van der Waals surface area contributed by atoms with Gasteiger partial charge in [-0.25, -0.2) is 4.79 Å². The Kier molecular flexibility index (Phi) is 4.73. The van der Waals surface area contributed by atoms with Crippen molar-refractivity contribution >= 4 is 11.8 Å². The number of carbonyl (C=O) groups is 1. The highest BCUT2D eigenvalue weighted by Gasteiger charge is 2.54. The molecule has 0 bridgehead atoms. The van der Waals surface area contributed by atoms with Gasteiger partial charge < -0.3 is 14.6 Å². The number of amides is 1. The third kappa shape index (κ3) is 4.04. The Morgan fingerprint density at radius 2 is 1.80 bits per heavy atom. The average molecular weight is 360 g/mol. The van der Waals surface area contributed by atoms with E-state index in [1.807, 2.05) is 0 Å². The molecule has 0 aliphatic carbocycles. The van der Waals surface area contributed by atoms with Crippen LogP contribution in [-0.2, 0) is 10.5 Å². The minimum absolute atomic E-state index is 0.0576. The average Bonchev–Trinajstić information content (AvgIpc) is 2.85. The zero-order valence-corrected chi connectivity index (χ0v) is 14.2. The smallest absolute Gasteiger partial charge is 0.433 e. The van der Waals surface area contributed by atoms with Crippen molar-refractivity contribution in [2.24, 2.45) is 5.10 Å². The van der Waals surface area contributed by atoms with E-state index in [2.05, 4.69) is 5.10 Å². The predicted molar refractivity (Wildman–Crippen MR) is 83.1 cm³/mol. The molecule has 0 spiro atoms. The highest BCUT2D eigenvalue weighted by molar-refractivity contribution is 5.93. The van der Waals surface area contributed by atoms with Crippen LogP contribution in [0.4, 0.5) is 18.0 Å². The SMILES string of the molecule is COc1ccc([C@@]2(O)CC(C(F)(F)F)=NN2C(=O)OC(C)(C)C)cc1. The zero-order chi connectivity index (χ0) is 19.0.